The first kappa shape index (κ1) is 10.9. The Bertz CT molecular complexity index is 423. The topological polar surface area (TPSA) is 54.9 Å². The minimum atomic E-state index is 0. The fourth-order valence-corrected chi connectivity index (χ4v) is 1.64. The van der Waals surface area contributed by atoms with Crippen LogP contribution in [0.15, 0.2) is 23.2 Å². The van der Waals surface area contributed by atoms with E-state index in [1.54, 1.807) is 0 Å². The number of anilines is 1. The molecule has 2 aliphatic rings. The minimum Gasteiger partial charge on any atom is -0.454 e. The number of hydrogen-bond donors (Lipinski definition) is 2. The summed E-state index contributed by atoms with van der Waals surface area (Å²) >= 11 is 0. The van der Waals surface area contributed by atoms with Gasteiger partial charge in [0.1, 0.15) is 0 Å². The van der Waals surface area contributed by atoms with E-state index in [0.29, 0.717) is 0 Å². The number of nitrogens with zero attached hydrogens (tertiary/aromatic N) is 1. The SMILES string of the molecule is Cl.c1cc(NC2=NCCN2)c2c(c1)OCO2. The van der Waals surface area contributed by atoms with Gasteiger partial charge in [0.15, 0.2) is 17.5 Å². The molecule has 1 aromatic rings. The van der Waals surface area contributed by atoms with Crippen molar-refractivity contribution in [1.82, 2.24) is 5.32 Å². The lowest BCUT2D eigenvalue weighted by atomic mass is 10.3. The number of hydrogen-bond acceptors (Lipinski definition) is 5. The molecule has 0 aliphatic carbocycles. The minimum absolute atomic E-state index is 0. The predicted octanol–water partition coefficient (Wildman–Crippen LogP) is 1.21. The molecule has 6 heteroatoms. The molecule has 0 atom stereocenters. The molecule has 0 fully saturated rings. The van der Waals surface area contributed by atoms with Crippen molar-refractivity contribution in [2.45, 2.75) is 0 Å². The standard InChI is InChI=1S/C10H11N3O2.ClH/c1-2-7(13-10-11-4-5-12-10)9-8(3-1)14-6-15-9;/h1-3H,4-6H2,(H2,11,12,13);1H. The molecular formula is C10H12ClN3O2. The van der Waals surface area contributed by atoms with Crippen LogP contribution in [0.2, 0.25) is 0 Å². The van der Waals surface area contributed by atoms with E-state index >= 15 is 0 Å². The molecule has 2 aliphatic heterocycles. The second kappa shape index (κ2) is 4.49. The third-order valence-corrected chi connectivity index (χ3v) is 2.32. The number of rotatable bonds is 1. The number of fused-ring (bicyclic) bond motifs is 1. The number of ether oxygens (including phenoxy) is 2. The summed E-state index contributed by atoms with van der Waals surface area (Å²) in [6, 6.07) is 5.75. The van der Waals surface area contributed by atoms with Gasteiger partial charge in [-0.2, -0.15) is 0 Å². The number of benzene rings is 1. The number of halogens is 1. The highest BCUT2D eigenvalue weighted by molar-refractivity contribution is 5.96. The Morgan fingerprint density at radius 1 is 1.31 bits per heavy atom. The first-order valence-electron chi connectivity index (χ1n) is 4.87. The van der Waals surface area contributed by atoms with Gasteiger partial charge in [-0.05, 0) is 12.1 Å². The van der Waals surface area contributed by atoms with Gasteiger partial charge in [0.25, 0.3) is 0 Å². The molecule has 1 aromatic carbocycles. The summed E-state index contributed by atoms with van der Waals surface area (Å²) in [5.74, 6) is 2.33. The van der Waals surface area contributed by atoms with Crippen LogP contribution in [0.5, 0.6) is 11.5 Å². The monoisotopic (exact) mass is 241 g/mol. The Balaban J connectivity index is 0.000000963. The summed E-state index contributed by atoms with van der Waals surface area (Å²) in [7, 11) is 0. The Hall–Kier alpha value is -1.62. The normalized spacial score (nSPS) is 16.1. The fourth-order valence-electron chi connectivity index (χ4n) is 1.64. The molecule has 0 spiro atoms. The number of para-hydroxylation sites is 1. The van der Waals surface area contributed by atoms with E-state index in [9.17, 15) is 0 Å². The second-order valence-corrected chi connectivity index (χ2v) is 3.32. The van der Waals surface area contributed by atoms with Crippen LogP contribution in [0.1, 0.15) is 0 Å². The van der Waals surface area contributed by atoms with E-state index in [-0.39, 0.29) is 19.2 Å². The van der Waals surface area contributed by atoms with Crippen LogP contribution in [-0.2, 0) is 0 Å². The van der Waals surface area contributed by atoms with Crippen molar-refractivity contribution in [3.8, 4) is 11.5 Å². The van der Waals surface area contributed by atoms with Gasteiger partial charge < -0.3 is 20.1 Å². The summed E-state index contributed by atoms with van der Waals surface area (Å²) in [5.41, 5.74) is 0.887. The maximum Gasteiger partial charge on any atom is 0.231 e. The lowest BCUT2D eigenvalue weighted by Crippen LogP contribution is -2.26. The largest absolute Gasteiger partial charge is 0.454 e. The average Bonchev–Trinajstić information content (AvgIpc) is 2.87. The van der Waals surface area contributed by atoms with E-state index < -0.39 is 0 Å². The molecule has 0 amide bonds. The second-order valence-electron chi connectivity index (χ2n) is 3.32. The van der Waals surface area contributed by atoms with Crippen LogP contribution in [0, 0.1) is 0 Å². The maximum atomic E-state index is 5.37. The molecule has 0 saturated carbocycles. The summed E-state index contributed by atoms with van der Waals surface area (Å²) in [6.07, 6.45) is 0. The van der Waals surface area contributed by atoms with Gasteiger partial charge in [0, 0.05) is 6.54 Å². The van der Waals surface area contributed by atoms with Crippen LogP contribution in [0.3, 0.4) is 0 Å². The molecule has 3 rings (SSSR count). The van der Waals surface area contributed by atoms with Gasteiger partial charge in [0.05, 0.1) is 12.2 Å². The highest BCUT2D eigenvalue weighted by Gasteiger charge is 2.18. The predicted molar refractivity (Wildman–Crippen MR) is 63.7 cm³/mol. The van der Waals surface area contributed by atoms with Crippen molar-refractivity contribution in [3.63, 3.8) is 0 Å². The van der Waals surface area contributed by atoms with E-state index in [1.165, 1.54) is 0 Å². The molecule has 86 valence electrons. The lowest BCUT2D eigenvalue weighted by Gasteiger charge is -2.08. The van der Waals surface area contributed by atoms with Crippen molar-refractivity contribution < 1.29 is 9.47 Å². The molecule has 2 N–H and O–H groups in total. The van der Waals surface area contributed by atoms with Gasteiger partial charge in [-0.15, -0.1) is 12.4 Å². The van der Waals surface area contributed by atoms with Gasteiger partial charge >= 0.3 is 0 Å². The van der Waals surface area contributed by atoms with Crippen molar-refractivity contribution in [2.24, 2.45) is 4.99 Å². The van der Waals surface area contributed by atoms with Crippen molar-refractivity contribution in [2.75, 3.05) is 25.2 Å². The first-order valence-corrected chi connectivity index (χ1v) is 4.87. The van der Waals surface area contributed by atoms with Gasteiger partial charge in [-0.25, -0.2) is 0 Å². The summed E-state index contributed by atoms with van der Waals surface area (Å²) < 4.78 is 10.7. The van der Waals surface area contributed by atoms with E-state index in [1.807, 2.05) is 18.2 Å². The van der Waals surface area contributed by atoms with Crippen LogP contribution in [-0.4, -0.2) is 25.8 Å². The number of nitrogens with one attached hydrogen (secondary N) is 2. The smallest absolute Gasteiger partial charge is 0.231 e. The molecule has 0 saturated heterocycles. The van der Waals surface area contributed by atoms with Crippen molar-refractivity contribution >= 4 is 24.1 Å². The van der Waals surface area contributed by atoms with Crippen LogP contribution < -0.4 is 20.1 Å². The van der Waals surface area contributed by atoms with E-state index in [0.717, 1.165) is 36.2 Å². The summed E-state index contributed by atoms with van der Waals surface area (Å²) in [6.45, 7) is 1.98. The summed E-state index contributed by atoms with van der Waals surface area (Å²) in [5, 5.41) is 6.31. The molecule has 16 heavy (non-hydrogen) atoms. The zero-order chi connectivity index (χ0) is 10.1. The van der Waals surface area contributed by atoms with Gasteiger partial charge in [0.2, 0.25) is 6.79 Å². The van der Waals surface area contributed by atoms with Gasteiger partial charge in [-0.1, -0.05) is 6.07 Å². The molecule has 5 nitrogen and oxygen atoms in total. The fraction of sp³-hybridized carbons (Fsp3) is 0.300. The third-order valence-electron chi connectivity index (χ3n) is 2.32. The number of guanidine groups is 1. The lowest BCUT2D eigenvalue weighted by molar-refractivity contribution is 0.174. The Morgan fingerprint density at radius 2 is 2.25 bits per heavy atom. The first-order chi connectivity index (χ1) is 7.43. The summed E-state index contributed by atoms with van der Waals surface area (Å²) in [4.78, 5) is 4.25. The van der Waals surface area contributed by atoms with Gasteiger partial charge in [-0.3, -0.25) is 4.99 Å². The van der Waals surface area contributed by atoms with Crippen molar-refractivity contribution in [1.29, 1.82) is 0 Å². The highest BCUT2D eigenvalue weighted by Crippen LogP contribution is 2.38. The third kappa shape index (κ3) is 1.86. The van der Waals surface area contributed by atoms with Crippen LogP contribution in [0.25, 0.3) is 0 Å². The quantitative estimate of drug-likeness (QED) is 0.776. The van der Waals surface area contributed by atoms with Crippen LogP contribution >= 0.6 is 12.4 Å². The zero-order valence-corrected chi connectivity index (χ0v) is 9.34. The molecule has 0 bridgehead atoms. The highest BCUT2D eigenvalue weighted by atomic mass is 35.5. The zero-order valence-electron chi connectivity index (χ0n) is 8.53. The average molecular weight is 242 g/mol. The maximum absolute atomic E-state index is 5.37. The van der Waals surface area contributed by atoms with Crippen molar-refractivity contribution in [3.05, 3.63) is 18.2 Å². The Labute approximate surface area is 99.3 Å². The Kier molecular flexibility index (Phi) is 3.05. The molecule has 2 heterocycles. The molecular weight excluding hydrogens is 230 g/mol. The van der Waals surface area contributed by atoms with E-state index in [2.05, 4.69) is 15.6 Å². The van der Waals surface area contributed by atoms with Crippen LogP contribution in [0.4, 0.5) is 5.69 Å². The molecule has 0 aromatic heterocycles. The number of aliphatic imine (C=N–C) groups is 1. The molecule has 0 radical (unpaired) electrons. The Morgan fingerprint density at radius 3 is 3.06 bits per heavy atom. The molecule has 0 unspecified atom stereocenters. The van der Waals surface area contributed by atoms with E-state index in [4.69, 9.17) is 9.47 Å².